The highest BCUT2D eigenvalue weighted by Crippen LogP contribution is 2.41. The Morgan fingerprint density at radius 1 is 0.500 bits per heavy atom. The van der Waals surface area contributed by atoms with Gasteiger partial charge in [-0.3, -0.25) is 0 Å². The van der Waals surface area contributed by atoms with E-state index in [0.717, 1.165) is 23.5 Å². The van der Waals surface area contributed by atoms with E-state index < -0.39 is 0 Å². The Kier molecular flexibility index (Phi) is 9.75. The Bertz CT molecular complexity index is 1860. The summed E-state index contributed by atoms with van der Waals surface area (Å²) in [4.78, 5) is 4.74. The summed E-state index contributed by atoms with van der Waals surface area (Å²) in [6.07, 6.45) is 6.60. The van der Waals surface area contributed by atoms with Crippen molar-refractivity contribution in [3.05, 3.63) is 181 Å². The molecule has 0 bridgehead atoms. The predicted octanol–water partition coefficient (Wildman–Crippen LogP) is 12.7. The second-order valence-corrected chi connectivity index (χ2v) is 11.8. The maximum atomic E-state index is 3.36. The van der Waals surface area contributed by atoms with E-state index in [9.17, 15) is 0 Å². The van der Waals surface area contributed by atoms with Gasteiger partial charge in [-0.05, 0) is 134 Å². The van der Waals surface area contributed by atoms with Crippen LogP contribution < -0.4 is 9.80 Å². The summed E-state index contributed by atoms with van der Waals surface area (Å²) in [6, 6.07) is 54.8. The van der Waals surface area contributed by atoms with Gasteiger partial charge < -0.3 is 9.80 Å². The van der Waals surface area contributed by atoms with Gasteiger partial charge in [0, 0.05) is 34.1 Å². The lowest BCUT2D eigenvalue weighted by Crippen LogP contribution is -2.15. The molecule has 0 radical (unpaired) electrons. The zero-order valence-electron chi connectivity index (χ0n) is 26.9. The van der Waals surface area contributed by atoms with E-state index in [1.807, 2.05) is 6.92 Å². The van der Waals surface area contributed by atoms with Gasteiger partial charge in [0.15, 0.2) is 0 Å². The largest absolute Gasteiger partial charge is 0.310 e. The van der Waals surface area contributed by atoms with Crippen LogP contribution in [0.1, 0.15) is 36.5 Å². The molecule has 0 fully saturated rings. The molecule has 0 aliphatic heterocycles. The first-order chi connectivity index (χ1) is 22.7. The van der Waals surface area contributed by atoms with Crippen LogP contribution in [-0.2, 0) is 12.8 Å². The number of para-hydroxylation sites is 2. The average Bonchev–Trinajstić information content (AvgIpc) is 3.11. The summed E-state index contributed by atoms with van der Waals surface area (Å²) in [5, 5.41) is 0. The zero-order chi connectivity index (χ0) is 31.7. The minimum Gasteiger partial charge on any atom is -0.310 e. The molecule has 0 amide bonds. The fourth-order valence-electron chi connectivity index (χ4n) is 6.37. The van der Waals surface area contributed by atoms with Gasteiger partial charge in [0.1, 0.15) is 0 Å². The van der Waals surface area contributed by atoms with Crippen LogP contribution in [0.4, 0.5) is 34.1 Å². The Labute approximate surface area is 274 Å². The third kappa shape index (κ3) is 6.82. The Hall–Kier alpha value is -5.34. The standard InChI is InChI=1S/C41H36N2.C3H6/c1-31-12-10-19-39(30-31)42(35-15-4-2-5-16-35)37-26-22-32(23-27-37)33-24-28-38(29-25-33)43(36-17-6-3-7-18-36)41-21-11-14-34-13-8-9-20-40(34)41;1-3-2/h2-7,10-12,14-19,21-30H,8-9,13,20H2,1H3;3H,1H2,2H3. The van der Waals surface area contributed by atoms with Gasteiger partial charge in [-0.25, -0.2) is 0 Å². The topological polar surface area (TPSA) is 6.48 Å². The molecule has 2 nitrogen and oxygen atoms in total. The van der Waals surface area contributed by atoms with Gasteiger partial charge in [-0.1, -0.05) is 91.0 Å². The summed E-state index contributed by atoms with van der Waals surface area (Å²) in [6.45, 7) is 7.39. The van der Waals surface area contributed by atoms with Gasteiger partial charge in [0.05, 0.1) is 0 Å². The fraction of sp³-hybridized carbons (Fsp3) is 0.136. The van der Waals surface area contributed by atoms with Crippen molar-refractivity contribution in [1.29, 1.82) is 0 Å². The monoisotopic (exact) mass is 598 g/mol. The lowest BCUT2D eigenvalue weighted by atomic mass is 9.90. The molecule has 0 heterocycles. The van der Waals surface area contributed by atoms with E-state index in [0.29, 0.717) is 0 Å². The number of fused-ring (bicyclic) bond motifs is 1. The molecule has 6 aromatic carbocycles. The van der Waals surface area contributed by atoms with Crippen molar-refractivity contribution in [2.45, 2.75) is 39.5 Å². The first-order valence-electron chi connectivity index (χ1n) is 16.3. The van der Waals surface area contributed by atoms with E-state index in [1.54, 1.807) is 6.08 Å². The quantitative estimate of drug-likeness (QED) is 0.169. The second kappa shape index (κ2) is 14.6. The maximum absolute atomic E-state index is 3.36. The number of rotatable bonds is 7. The minimum atomic E-state index is 1.14. The van der Waals surface area contributed by atoms with Crippen LogP contribution in [0.3, 0.4) is 0 Å². The molecule has 0 spiro atoms. The van der Waals surface area contributed by atoms with Crippen LogP contribution in [0.25, 0.3) is 11.1 Å². The molecule has 0 aromatic heterocycles. The molecule has 0 atom stereocenters. The molecule has 0 saturated heterocycles. The van der Waals surface area contributed by atoms with Crippen molar-refractivity contribution < 1.29 is 0 Å². The highest BCUT2D eigenvalue weighted by molar-refractivity contribution is 5.82. The molecular formula is C44H42N2. The summed E-state index contributed by atoms with van der Waals surface area (Å²) in [5.74, 6) is 0. The van der Waals surface area contributed by atoms with Crippen molar-refractivity contribution in [1.82, 2.24) is 0 Å². The van der Waals surface area contributed by atoms with Crippen molar-refractivity contribution in [3.8, 4) is 11.1 Å². The van der Waals surface area contributed by atoms with Gasteiger partial charge in [-0.2, -0.15) is 0 Å². The van der Waals surface area contributed by atoms with Crippen molar-refractivity contribution >= 4 is 34.1 Å². The molecule has 1 aliphatic carbocycles. The summed E-state index contributed by atoms with van der Waals surface area (Å²) in [5.41, 5.74) is 13.8. The number of benzene rings is 6. The molecule has 0 unspecified atom stereocenters. The van der Waals surface area contributed by atoms with Gasteiger partial charge in [0.25, 0.3) is 0 Å². The first-order valence-corrected chi connectivity index (χ1v) is 16.3. The number of nitrogens with zero attached hydrogens (tertiary/aromatic N) is 2. The van der Waals surface area contributed by atoms with E-state index >= 15 is 0 Å². The molecule has 46 heavy (non-hydrogen) atoms. The van der Waals surface area contributed by atoms with Gasteiger partial charge >= 0.3 is 0 Å². The number of allylic oxidation sites excluding steroid dienone is 1. The summed E-state index contributed by atoms with van der Waals surface area (Å²) < 4.78 is 0. The average molecular weight is 599 g/mol. The minimum absolute atomic E-state index is 1.14. The Morgan fingerprint density at radius 2 is 0.978 bits per heavy atom. The third-order valence-electron chi connectivity index (χ3n) is 8.49. The van der Waals surface area contributed by atoms with Crippen LogP contribution in [0.2, 0.25) is 0 Å². The third-order valence-corrected chi connectivity index (χ3v) is 8.49. The SMILES string of the molecule is C=CC.Cc1cccc(N(c2ccccc2)c2ccc(-c3ccc(N(c4ccccc4)c4cccc5c4CCCC5)cc3)cc2)c1. The number of anilines is 6. The predicted molar refractivity (Wildman–Crippen MR) is 198 cm³/mol. The number of aryl methyl sites for hydroxylation is 2. The molecule has 0 saturated carbocycles. The molecule has 7 rings (SSSR count). The van der Waals surface area contributed by atoms with Gasteiger partial charge in [-0.15, -0.1) is 6.58 Å². The first kappa shape index (κ1) is 30.7. The summed E-state index contributed by atoms with van der Waals surface area (Å²) >= 11 is 0. The maximum Gasteiger partial charge on any atom is 0.0496 e. The lowest BCUT2D eigenvalue weighted by molar-refractivity contribution is 0.686. The van der Waals surface area contributed by atoms with Crippen LogP contribution in [0.15, 0.2) is 164 Å². The van der Waals surface area contributed by atoms with E-state index in [1.165, 1.54) is 64.1 Å². The molecule has 2 heteroatoms. The van der Waals surface area contributed by atoms with Crippen LogP contribution in [-0.4, -0.2) is 0 Å². The zero-order valence-corrected chi connectivity index (χ0v) is 26.9. The van der Waals surface area contributed by atoms with E-state index in [4.69, 9.17) is 0 Å². The normalized spacial score (nSPS) is 11.9. The Balaban J connectivity index is 0.00000119. The molecular weight excluding hydrogens is 556 g/mol. The number of hydrogen-bond acceptors (Lipinski definition) is 2. The van der Waals surface area contributed by atoms with Crippen LogP contribution in [0.5, 0.6) is 0 Å². The van der Waals surface area contributed by atoms with E-state index in [2.05, 4.69) is 175 Å². The van der Waals surface area contributed by atoms with Crippen molar-refractivity contribution in [2.75, 3.05) is 9.80 Å². The molecule has 6 aromatic rings. The molecule has 1 aliphatic rings. The van der Waals surface area contributed by atoms with E-state index in [-0.39, 0.29) is 0 Å². The Morgan fingerprint density at radius 3 is 1.57 bits per heavy atom. The van der Waals surface area contributed by atoms with Crippen molar-refractivity contribution in [2.24, 2.45) is 0 Å². The molecule has 0 N–H and O–H groups in total. The van der Waals surface area contributed by atoms with Crippen LogP contribution in [0, 0.1) is 6.92 Å². The molecule has 228 valence electrons. The second-order valence-electron chi connectivity index (χ2n) is 11.8. The summed E-state index contributed by atoms with van der Waals surface area (Å²) in [7, 11) is 0. The van der Waals surface area contributed by atoms with Gasteiger partial charge in [0.2, 0.25) is 0 Å². The lowest BCUT2D eigenvalue weighted by Gasteiger charge is -2.30. The van der Waals surface area contributed by atoms with Crippen molar-refractivity contribution in [3.63, 3.8) is 0 Å². The highest BCUT2D eigenvalue weighted by Gasteiger charge is 2.20. The van der Waals surface area contributed by atoms with Crippen LogP contribution >= 0.6 is 0 Å². The smallest absolute Gasteiger partial charge is 0.0496 e. The highest BCUT2D eigenvalue weighted by atomic mass is 15.1. The fourth-order valence-corrected chi connectivity index (χ4v) is 6.37. The number of hydrogen-bond donors (Lipinski definition) is 0.